The molecule has 1 saturated heterocycles. The Morgan fingerprint density at radius 2 is 1.83 bits per heavy atom. The van der Waals surface area contributed by atoms with Gasteiger partial charge in [-0.15, -0.1) is 0 Å². The molecule has 1 aliphatic rings. The average molecular weight is 256 g/mol. The first-order chi connectivity index (χ1) is 8.40. The summed E-state index contributed by atoms with van der Waals surface area (Å²) in [5.41, 5.74) is 6.60. The molecule has 18 heavy (non-hydrogen) atoms. The second-order valence-corrected chi connectivity index (χ2v) is 6.88. The van der Waals surface area contributed by atoms with Crippen LogP contribution in [0.5, 0.6) is 0 Å². The van der Waals surface area contributed by atoms with Crippen LogP contribution in [0.15, 0.2) is 0 Å². The van der Waals surface area contributed by atoms with Crippen molar-refractivity contribution in [1.82, 2.24) is 4.90 Å². The van der Waals surface area contributed by atoms with Gasteiger partial charge in [-0.1, -0.05) is 34.1 Å². The number of aliphatic hydroxyl groups excluding tert-OH is 1. The number of hydrogen-bond donors (Lipinski definition) is 2. The molecule has 3 heteroatoms. The molecule has 1 fully saturated rings. The third-order valence-corrected chi connectivity index (χ3v) is 4.53. The normalized spacial score (nSPS) is 23.0. The Balaban J connectivity index is 2.50. The lowest BCUT2D eigenvalue weighted by Gasteiger charge is -2.43. The van der Waals surface area contributed by atoms with Crippen LogP contribution >= 0.6 is 0 Å². The van der Waals surface area contributed by atoms with Gasteiger partial charge in [-0.3, -0.25) is 4.90 Å². The molecule has 2 atom stereocenters. The summed E-state index contributed by atoms with van der Waals surface area (Å²) in [7, 11) is 0. The second kappa shape index (κ2) is 6.88. The molecule has 0 radical (unpaired) electrons. The van der Waals surface area contributed by atoms with Gasteiger partial charge in [-0.2, -0.15) is 0 Å². The summed E-state index contributed by atoms with van der Waals surface area (Å²) in [6.45, 7) is 11.5. The third-order valence-electron chi connectivity index (χ3n) is 4.53. The lowest BCUT2D eigenvalue weighted by Crippen LogP contribution is -2.53. The van der Waals surface area contributed by atoms with Crippen molar-refractivity contribution in [3.8, 4) is 0 Å². The van der Waals surface area contributed by atoms with E-state index in [1.807, 2.05) is 0 Å². The van der Waals surface area contributed by atoms with Crippen LogP contribution in [0.25, 0.3) is 0 Å². The number of likely N-dealkylation sites (tertiary alicyclic amines) is 1. The van der Waals surface area contributed by atoms with Gasteiger partial charge in [0, 0.05) is 12.1 Å². The smallest absolute Gasteiger partial charge is 0.0601 e. The van der Waals surface area contributed by atoms with Crippen molar-refractivity contribution in [3.63, 3.8) is 0 Å². The first-order valence-corrected chi connectivity index (χ1v) is 7.50. The van der Waals surface area contributed by atoms with E-state index in [-0.39, 0.29) is 18.7 Å². The van der Waals surface area contributed by atoms with Crippen molar-refractivity contribution in [1.29, 1.82) is 0 Å². The summed E-state index contributed by atoms with van der Waals surface area (Å²) in [6.07, 6.45) is 4.57. The van der Waals surface area contributed by atoms with Crippen LogP contribution in [0.1, 0.15) is 53.4 Å². The monoisotopic (exact) mass is 256 g/mol. The lowest BCUT2D eigenvalue weighted by molar-refractivity contribution is 0.0452. The number of piperidine rings is 1. The highest BCUT2D eigenvalue weighted by Gasteiger charge is 2.32. The number of rotatable bonds is 5. The summed E-state index contributed by atoms with van der Waals surface area (Å²) in [5.74, 6) is 0.801. The Labute approximate surface area is 113 Å². The van der Waals surface area contributed by atoms with E-state index in [9.17, 15) is 5.11 Å². The maximum atomic E-state index is 9.58. The molecule has 108 valence electrons. The van der Waals surface area contributed by atoms with Gasteiger partial charge >= 0.3 is 0 Å². The van der Waals surface area contributed by atoms with E-state index in [0.717, 1.165) is 31.8 Å². The molecule has 0 aliphatic carbocycles. The maximum absolute atomic E-state index is 9.58. The molecule has 0 aromatic carbocycles. The first-order valence-electron chi connectivity index (χ1n) is 7.50. The number of aliphatic hydroxyl groups is 1. The molecule has 1 aliphatic heterocycles. The Morgan fingerprint density at radius 1 is 1.28 bits per heavy atom. The van der Waals surface area contributed by atoms with Crippen molar-refractivity contribution in [3.05, 3.63) is 0 Å². The Kier molecular flexibility index (Phi) is 6.09. The minimum Gasteiger partial charge on any atom is -0.395 e. The molecule has 0 spiro atoms. The molecular weight excluding hydrogens is 224 g/mol. The molecule has 0 aromatic heterocycles. The molecule has 1 heterocycles. The molecule has 2 unspecified atom stereocenters. The fourth-order valence-electron chi connectivity index (χ4n) is 3.14. The molecule has 3 nitrogen and oxygen atoms in total. The molecular formula is C15H32N2O. The van der Waals surface area contributed by atoms with Gasteiger partial charge in [-0.25, -0.2) is 0 Å². The van der Waals surface area contributed by atoms with Crippen molar-refractivity contribution < 1.29 is 5.11 Å². The van der Waals surface area contributed by atoms with Crippen LogP contribution in [-0.4, -0.2) is 41.8 Å². The molecule has 0 aromatic rings. The average Bonchev–Trinajstić information content (AvgIpc) is 2.30. The Bertz CT molecular complexity index is 229. The molecule has 3 N–H and O–H groups in total. The Morgan fingerprint density at radius 3 is 2.22 bits per heavy atom. The van der Waals surface area contributed by atoms with Crippen LogP contribution < -0.4 is 5.73 Å². The summed E-state index contributed by atoms with van der Waals surface area (Å²) < 4.78 is 0. The molecule has 0 bridgehead atoms. The van der Waals surface area contributed by atoms with Crippen LogP contribution in [0, 0.1) is 11.3 Å². The summed E-state index contributed by atoms with van der Waals surface area (Å²) >= 11 is 0. The summed E-state index contributed by atoms with van der Waals surface area (Å²) in [6, 6.07) is 0.275. The maximum Gasteiger partial charge on any atom is 0.0601 e. The van der Waals surface area contributed by atoms with Crippen molar-refractivity contribution in [2.45, 2.75) is 65.5 Å². The summed E-state index contributed by atoms with van der Waals surface area (Å²) in [4.78, 5) is 2.41. The topological polar surface area (TPSA) is 49.5 Å². The van der Waals surface area contributed by atoms with Crippen molar-refractivity contribution in [2.24, 2.45) is 17.1 Å². The van der Waals surface area contributed by atoms with E-state index in [0.29, 0.717) is 5.41 Å². The lowest BCUT2D eigenvalue weighted by atomic mass is 9.75. The van der Waals surface area contributed by atoms with E-state index >= 15 is 0 Å². The van der Waals surface area contributed by atoms with Gasteiger partial charge in [0.1, 0.15) is 0 Å². The largest absolute Gasteiger partial charge is 0.395 e. The summed E-state index contributed by atoms with van der Waals surface area (Å²) in [5, 5.41) is 9.58. The molecule has 0 saturated carbocycles. The van der Waals surface area contributed by atoms with E-state index in [1.165, 1.54) is 12.8 Å². The molecule has 1 rings (SSSR count). The fraction of sp³-hybridized carbons (Fsp3) is 1.00. The van der Waals surface area contributed by atoms with Crippen molar-refractivity contribution >= 4 is 0 Å². The zero-order chi connectivity index (χ0) is 13.8. The highest BCUT2D eigenvalue weighted by molar-refractivity contribution is 4.87. The number of nitrogens with two attached hydrogens (primary N) is 1. The van der Waals surface area contributed by atoms with E-state index in [1.54, 1.807) is 0 Å². The SMILES string of the molecule is CCCC(N)C(CO)N1CCC(C(C)(C)C)CC1. The van der Waals surface area contributed by atoms with E-state index in [4.69, 9.17) is 5.73 Å². The molecule has 0 amide bonds. The number of hydrogen-bond acceptors (Lipinski definition) is 3. The van der Waals surface area contributed by atoms with Crippen LogP contribution in [0.2, 0.25) is 0 Å². The highest BCUT2D eigenvalue weighted by atomic mass is 16.3. The number of nitrogens with zero attached hydrogens (tertiary/aromatic N) is 1. The van der Waals surface area contributed by atoms with Gasteiger partial charge in [0.25, 0.3) is 0 Å². The third kappa shape index (κ3) is 4.22. The first kappa shape index (κ1) is 15.9. The second-order valence-electron chi connectivity index (χ2n) is 6.88. The van der Waals surface area contributed by atoms with Crippen molar-refractivity contribution in [2.75, 3.05) is 19.7 Å². The van der Waals surface area contributed by atoms with Gasteiger partial charge in [0.05, 0.1) is 6.61 Å². The van der Waals surface area contributed by atoms with E-state index in [2.05, 4.69) is 32.6 Å². The predicted molar refractivity (Wildman–Crippen MR) is 77.5 cm³/mol. The minimum atomic E-state index is 0.117. The van der Waals surface area contributed by atoms with Crippen LogP contribution in [-0.2, 0) is 0 Å². The quantitative estimate of drug-likeness (QED) is 0.793. The van der Waals surface area contributed by atoms with Gasteiger partial charge in [0.15, 0.2) is 0 Å². The zero-order valence-electron chi connectivity index (χ0n) is 12.7. The van der Waals surface area contributed by atoms with Crippen LogP contribution in [0.4, 0.5) is 0 Å². The van der Waals surface area contributed by atoms with Gasteiger partial charge in [-0.05, 0) is 43.7 Å². The zero-order valence-corrected chi connectivity index (χ0v) is 12.7. The van der Waals surface area contributed by atoms with Gasteiger partial charge in [0.2, 0.25) is 0 Å². The Hall–Kier alpha value is -0.120. The van der Waals surface area contributed by atoms with Crippen LogP contribution in [0.3, 0.4) is 0 Å². The highest BCUT2D eigenvalue weighted by Crippen LogP contribution is 2.34. The fourth-order valence-corrected chi connectivity index (χ4v) is 3.14. The minimum absolute atomic E-state index is 0.117. The van der Waals surface area contributed by atoms with Gasteiger partial charge < -0.3 is 10.8 Å². The standard InChI is InChI=1S/C15H32N2O/c1-5-6-13(16)14(11-18)17-9-7-12(8-10-17)15(2,3)4/h12-14,18H,5-11,16H2,1-4H3. The van der Waals surface area contributed by atoms with E-state index < -0.39 is 0 Å². The predicted octanol–water partition coefficient (Wildman–Crippen LogP) is 2.23.